The highest BCUT2D eigenvalue weighted by atomic mass is 16.5. The summed E-state index contributed by atoms with van der Waals surface area (Å²) in [5.74, 6) is 1.01. The zero-order chi connectivity index (χ0) is 11.0. The summed E-state index contributed by atoms with van der Waals surface area (Å²) in [4.78, 5) is 7.94. The van der Waals surface area contributed by atoms with E-state index in [1.807, 2.05) is 18.2 Å². The van der Waals surface area contributed by atoms with Crippen LogP contribution in [0.15, 0.2) is 24.3 Å². The normalized spacial score (nSPS) is 25.3. The van der Waals surface area contributed by atoms with Crippen molar-refractivity contribution in [3.05, 3.63) is 30.1 Å². The molecule has 2 heterocycles. The predicted molar refractivity (Wildman–Crippen MR) is 62.3 cm³/mol. The van der Waals surface area contributed by atoms with Crippen molar-refractivity contribution in [1.29, 1.82) is 0 Å². The van der Waals surface area contributed by atoms with Crippen molar-refractivity contribution in [1.82, 2.24) is 15.3 Å². The van der Waals surface area contributed by atoms with Gasteiger partial charge in [-0.3, -0.25) is 0 Å². The Balaban J connectivity index is 1.89. The van der Waals surface area contributed by atoms with E-state index in [4.69, 9.17) is 4.74 Å². The first-order valence-corrected chi connectivity index (χ1v) is 5.57. The molecule has 2 aromatic rings. The van der Waals surface area contributed by atoms with Crippen molar-refractivity contribution in [2.45, 2.75) is 18.6 Å². The van der Waals surface area contributed by atoms with Gasteiger partial charge < -0.3 is 15.0 Å². The lowest BCUT2D eigenvalue weighted by Gasteiger charge is -2.06. The fourth-order valence-corrected chi connectivity index (χ4v) is 2.23. The van der Waals surface area contributed by atoms with Crippen molar-refractivity contribution in [2.75, 3.05) is 13.7 Å². The summed E-state index contributed by atoms with van der Waals surface area (Å²) in [6.07, 6.45) is 1.29. The number of fused-ring (bicyclic) bond motifs is 1. The minimum Gasteiger partial charge on any atom is -0.380 e. The Bertz CT molecular complexity index is 461. The van der Waals surface area contributed by atoms with Gasteiger partial charge in [0.25, 0.3) is 0 Å². The first-order chi connectivity index (χ1) is 7.86. The number of para-hydroxylation sites is 2. The standard InChI is InChI=1S/C12H15N3O/c1-16-8-6-11(13-7-8)12-14-9-4-2-3-5-10(9)15-12/h2-5,8,11,13H,6-7H2,1H3,(H,14,15)/t8-,11+/m1/s1. The summed E-state index contributed by atoms with van der Waals surface area (Å²) in [5, 5.41) is 3.42. The molecule has 2 atom stereocenters. The number of aromatic nitrogens is 2. The zero-order valence-corrected chi connectivity index (χ0v) is 9.23. The van der Waals surface area contributed by atoms with Gasteiger partial charge in [-0.25, -0.2) is 4.98 Å². The Morgan fingerprint density at radius 3 is 3.00 bits per heavy atom. The zero-order valence-electron chi connectivity index (χ0n) is 9.23. The van der Waals surface area contributed by atoms with E-state index in [1.165, 1.54) is 0 Å². The SMILES string of the molecule is CO[C@H]1CN[C@H](c2nc3ccccc3[nH]2)C1. The van der Waals surface area contributed by atoms with Gasteiger partial charge in [-0.05, 0) is 18.6 Å². The molecule has 0 unspecified atom stereocenters. The van der Waals surface area contributed by atoms with Crippen LogP contribution in [0, 0.1) is 0 Å². The molecule has 4 heteroatoms. The molecule has 1 aliphatic heterocycles. The number of aromatic amines is 1. The molecule has 1 aliphatic rings. The average Bonchev–Trinajstić information content (AvgIpc) is 2.95. The van der Waals surface area contributed by atoms with Gasteiger partial charge in [-0.2, -0.15) is 0 Å². The van der Waals surface area contributed by atoms with Crippen molar-refractivity contribution in [2.24, 2.45) is 0 Å². The van der Waals surface area contributed by atoms with Crippen LogP contribution in [0.1, 0.15) is 18.3 Å². The number of nitrogens with zero attached hydrogens (tertiary/aromatic N) is 1. The topological polar surface area (TPSA) is 49.9 Å². The molecule has 84 valence electrons. The fourth-order valence-electron chi connectivity index (χ4n) is 2.23. The number of rotatable bonds is 2. The van der Waals surface area contributed by atoms with Gasteiger partial charge in [0.05, 0.1) is 23.2 Å². The van der Waals surface area contributed by atoms with Crippen LogP contribution in [0.3, 0.4) is 0 Å². The largest absolute Gasteiger partial charge is 0.380 e. The number of hydrogen-bond acceptors (Lipinski definition) is 3. The Labute approximate surface area is 94.0 Å². The van der Waals surface area contributed by atoms with Gasteiger partial charge in [0.1, 0.15) is 5.82 Å². The van der Waals surface area contributed by atoms with Crippen LogP contribution in [0.5, 0.6) is 0 Å². The maximum atomic E-state index is 5.33. The molecule has 4 nitrogen and oxygen atoms in total. The minimum atomic E-state index is 0.289. The molecule has 1 saturated heterocycles. The van der Waals surface area contributed by atoms with Gasteiger partial charge in [0.2, 0.25) is 0 Å². The molecule has 3 rings (SSSR count). The number of nitrogens with one attached hydrogen (secondary N) is 2. The third-order valence-electron chi connectivity index (χ3n) is 3.16. The fraction of sp³-hybridized carbons (Fsp3) is 0.417. The van der Waals surface area contributed by atoms with Crippen LogP contribution in [0.2, 0.25) is 0 Å². The predicted octanol–water partition coefficient (Wildman–Crippen LogP) is 1.61. The van der Waals surface area contributed by atoms with E-state index in [-0.39, 0.29) is 6.04 Å². The summed E-state index contributed by atoms with van der Waals surface area (Å²) in [6.45, 7) is 0.901. The molecule has 0 radical (unpaired) electrons. The van der Waals surface area contributed by atoms with Crippen LogP contribution in [0.4, 0.5) is 0 Å². The van der Waals surface area contributed by atoms with E-state index in [2.05, 4.69) is 21.4 Å². The molecule has 1 fully saturated rings. The summed E-state index contributed by atoms with van der Waals surface area (Å²) in [6, 6.07) is 8.39. The highest BCUT2D eigenvalue weighted by molar-refractivity contribution is 5.74. The van der Waals surface area contributed by atoms with E-state index in [0.717, 1.165) is 29.8 Å². The summed E-state index contributed by atoms with van der Waals surface area (Å²) >= 11 is 0. The van der Waals surface area contributed by atoms with Gasteiger partial charge >= 0.3 is 0 Å². The Morgan fingerprint density at radius 2 is 2.25 bits per heavy atom. The number of benzene rings is 1. The molecule has 0 aliphatic carbocycles. The maximum absolute atomic E-state index is 5.33. The minimum absolute atomic E-state index is 0.289. The first-order valence-electron chi connectivity index (χ1n) is 5.57. The number of H-pyrrole nitrogens is 1. The molecular formula is C12H15N3O. The van der Waals surface area contributed by atoms with Crippen molar-refractivity contribution in [3.63, 3.8) is 0 Å². The van der Waals surface area contributed by atoms with Crippen molar-refractivity contribution in [3.8, 4) is 0 Å². The van der Waals surface area contributed by atoms with Crippen molar-refractivity contribution >= 4 is 11.0 Å². The Hall–Kier alpha value is -1.39. The molecule has 1 aromatic heterocycles. The second-order valence-electron chi connectivity index (χ2n) is 4.19. The van der Waals surface area contributed by atoms with Gasteiger partial charge in [0, 0.05) is 13.7 Å². The van der Waals surface area contributed by atoms with Crippen LogP contribution in [-0.2, 0) is 4.74 Å². The second kappa shape index (κ2) is 3.88. The second-order valence-corrected chi connectivity index (χ2v) is 4.19. The summed E-state index contributed by atoms with van der Waals surface area (Å²) < 4.78 is 5.33. The molecule has 0 amide bonds. The third-order valence-corrected chi connectivity index (χ3v) is 3.16. The molecule has 16 heavy (non-hydrogen) atoms. The van der Waals surface area contributed by atoms with Gasteiger partial charge in [-0.1, -0.05) is 12.1 Å². The van der Waals surface area contributed by atoms with Gasteiger partial charge in [0.15, 0.2) is 0 Å². The first kappa shape index (κ1) is 9.81. The monoisotopic (exact) mass is 217 g/mol. The highest BCUT2D eigenvalue weighted by Crippen LogP contribution is 2.24. The van der Waals surface area contributed by atoms with Crippen LogP contribution in [0.25, 0.3) is 11.0 Å². The summed E-state index contributed by atoms with van der Waals surface area (Å²) in [5.41, 5.74) is 2.13. The maximum Gasteiger partial charge on any atom is 0.124 e. The van der Waals surface area contributed by atoms with Crippen LogP contribution >= 0.6 is 0 Å². The molecule has 2 N–H and O–H groups in total. The Kier molecular flexibility index (Phi) is 2.38. The third kappa shape index (κ3) is 1.60. The molecule has 0 saturated carbocycles. The van der Waals surface area contributed by atoms with Crippen LogP contribution in [-0.4, -0.2) is 29.7 Å². The van der Waals surface area contributed by atoms with E-state index < -0.39 is 0 Å². The Morgan fingerprint density at radius 1 is 1.38 bits per heavy atom. The lowest BCUT2D eigenvalue weighted by atomic mass is 10.2. The van der Waals surface area contributed by atoms with Crippen LogP contribution < -0.4 is 5.32 Å². The van der Waals surface area contributed by atoms with E-state index in [0.29, 0.717) is 6.10 Å². The summed E-state index contributed by atoms with van der Waals surface area (Å²) in [7, 11) is 1.76. The lowest BCUT2D eigenvalue weighted by molar-refractivity contribution is 0.117. The van der Waals surface area contributed by atoms with E-state index in [9.17, 15) is 0 Å². The van der Waals surface area contributed by atoms with Crippen molar-refractivity contribution < 1.29 is 4.74 Å². The van der Waals surface area contributed by atoms with E-state index in [1.54, 1.807) is 7.11 Å². The molecule has 0 spiro atoms. The number of ether oxygens (including phenoxy) is 1. The molecule has 1 aromatic carbocycles. The van der Waals surface area contributed by atoms with Gasteiger partial charge in [-0.15, -0.1) is 0 Å². The number of methoxy groups -OCH3 is 1. The smallest absolute Gasteiger partial charge is 0.124 e. The molecular weight excluding hydrogens is 202 g/mol. The highest BCUT2D eigenvalue weighted by Gasteiger charge is 2.27. The number of hydrogen-bond donors (Lipinski definition) is 2. The lowest BCUT2D eigenvalue weighted by Crippen LogP contribution is -2.16. The van der Waals surface area contributed by atoms with E-state index >= 15 is 0 Å². The average molecular weight is 217 g/mol. The molecule has 0 bridgehead atoms. The number of imidazole rings is 1. The quantitative estimate of drug-likeness (QED) is 0.803.